The second-order valence-electron chi connectivity index (χ2n) is 9.50. The predicted molar refractivity (Wildman–Crippen MR) is 155 cm³/mol. The molecule has 8 heteroatoms. The van der Waals surface area contributed by atoms with Gasteiger partial charge in [0.1, 0.15) is 5.75 Å². The van der Waals surface area contributed by atoms with Gasteiger partial charge in [-0.1, -0.05) is 61.0 Å². The first-order valence-corrected chi connectivity index (χ1v) is 13.7. The molecule has 39 heavy (non-hydrogen) atoms. The van der Waals surface area contributed by atoms with Gasteiger partial charge in [0, 0.05) is 41.2 Å². The van der Waals surface area contributed by atoms with Crippen molar-refractivity contribution in [2.24, 2.45) is 7.05 Å². The molecule has 0 spiro atoms. The van der Waals surface area contributed by atoms with Crippen LogP contribution >= 0.6 is 11.6 Å². The first-order valence-electron chi connectivity index (χ1n) is 13.4. The van der Waals surface area contributed by atoms with E-state index in [9.17, 15) is 10.2 Å². The fourth-order valence-electron chi connectivity index (χ4n) is 5.46. The van der Waals surface area contributed by atoms with Gasteiger partial charge in [0.25, 0.3) is 0 Å². The molecular weight excluding hydrogens is 514 g/mol. The van der Waals surface area contributed by atoms with Crippen molar-refractivity contribution < 1.29 is 19.7 Å². The van der Waals surface area contributed by atoms with E-state index < -0.39 is 6.29 Å². The number of aryl methyl sites for hydroxylation is 2. The molecule has 0 bridgehead atoms. The first-order chi connectivity index (χ1) is 19.0. The largest absolute Gasteiger partial charge is 0.493 e. The van der Waals surface area contributed by atoms with Crippen LogP contribution in [0.5, 0.6) is 5.75 Å². The minimum atomic E-state index is -1.11. The van der Waals surface area contributed by atoms with Crippen molar-refractivity contribution >= 4 is 33.3 Å². The van der Waals surface area contributed by atoms with Gasteiger partial charge in [-0.2, -0.15) is 5.10 Å². The number of halogens is 1. The number of fused-ring (bicyclic) bond motifs is 2. The Morgan fingerprint density at radius 2 is 1.82 bits per heavy atom. The number of benzene rings is 3. The van der Waals surface area contributed by atoms with Gasteiger partial charge in [0.2, 0.25) is 0 Å². The fraction of sp³-hybridized carbons (Fsp3) is 0.323. The van der Waals surface area contributed by atoms with Crippen LogP contribution in [-0.2, 0) is 31.2 Å². The lowest BCUT2D eigenvalue weighted by Crippen LogP contribution is -2.07. The van der Waals surface area contributed by atoms with E-state index in [1.165, 1.54) is 0 Å². The molecule has 5 aromatic rings. The van der Waals surface area contributed by atoms with Crippen LogP contribution in [0.25, 0.3) is 32.8 Å². The molecule has 204 valence electrons. The van der Waals surface area contributed by atoms with Crippen LogP contribution in [0.1, 0.15) is 49.2 Å². The Morgan fingerprint density at radius 1 is 1.03 bits per heavy atom. The van der Waals surface area contributed by atoms with E-state index in [0.29, 0.717) is 36.0 Å². The van der Waals surface area contributed by atoms with E-state index in [4.69, 9.17) is 21.1 Å². The van der Waals surface area contributed by atoms with Gasteiger partial charge in [0.05, 0.1) is 35.1 Å². The van der Waals surface area contributed by atoms with E-state index in [1.807, 2.05) is 50.4 Å². The van der Waals surface area contributed by atoms with Crippen LogP contribution in [0.2, 0.25) is 5.02 Å². The van der Waals surface area contributed by atoms with Gasteiger partial charge in [-0.3, -0.25) is 4.68 Å². The van der Waals surface area contributed by atoms with Gasteiger partial charge in [-0.25, -0.2) is 0 Å². The smallest absolute Gasteiger partial charge is 0.196 e. The first kappa shape index (κ1) is 27.2. The molecule has 0 fully saturated rings. The van der Waals surface area contributed by atoms with Crippen LogP contribution in [0.3, 0.4) is 0 Å². The van der Waals surface area contributed by atoms with E-state index in [0.717, 1.165) is 62.7 Å². The minimum absolute atomic E-state index is 0.205. The molecule has 2 aromatic heterocycles. The van der Waals surface area contributed by atoms with E-state index in [1.54, 1.807) is 4.68 Å². The Morgan fingerprint density at radius 3 is 2.59 bits per heavy atom. The third-order valence-electron chi connectivity index (χ3n) is 7.19. The molecule has 1 unspecified atom stereocenters. The molecule has 1 atom stereocenters. The zero-order chi connectivity index (χ0) is 27.5. The molecule has 5 rings (SSSR count). The van der Waals surface area contributed by atoms with Crippen molar-refractivity contribution in [2.75, 3.05) is 13.2 Å². The molecule has 0 saturated heterocycles. The van der Waals surface area contributed by atoms with Gasteiger partial charge < -0.3 is 24.7 Å². The summed E-state index contributed by atoms with van der Waals surface area (Å²) in [4.78, 5) is 3.43. The van der Waals surface area contributed by atoms with Gasteiger partial charge in [-0.15, -0.1) is 0 Å². The maximum Gasteiger partial charge on any atom is 0.196 e. The molecule has 0 aliphatic heterocycles. The average Bonchev–Trinajstić information content (AvgIpc) is 3.47. The summed E-state index contributed by atoms with van der Waals surface area (Å²) in [6.07, 6.45) is 1.000. The number of aliphatic hydroxyl groups is 2. The summed E-state index contributed by atoms with van der Waals surface area (Å²) in [5.41, 5.74) is 5.48. The van der Waals surface area contributed by atoms with Crippen LogP contribution < -0.4 is 4.74 Å². The lowest BCUT2D eigenvalue weighted by molar-refractivity contribution is -0.101. The number of hydrogen-bond donors (Lipinski definition) is 3. The summed E-state index contributed by atoms with van der Waals surface area (Å²) in [7, 11) is 1.87. The summed E-state index contributed by atoms with van der Waals surface area (Å²) < 4.78 is 13.6. The average molecular weight is 548 g/mol. The standard InChI is InChI=1S/C31H34ClN3O4/c1-4-25-28(24(18-36)34-35(25)3)27-23(32)16-15-22-21(30(33-29(22)27)31(37)38-5-2)13-9-17-39-26-14-8-11-19-10-6-7-12-20(19)26/h6-8,10-12,14-16,31,33,36-37H,4-5,9,13,17-18H2,1-3H3. The Balaban J connectivity index is 1.52. The molecule has 3 N–H and O–H groups in total. The molecule has 0 amide bonds. The quantitative estimate of drug-likeness (QED) is 0.130. The van der Waals surface area contributed by atoms with Crippen molar-refractivity contribution in [3.8, 4) is 16.9 Å². The summed E-state index contributed by atoms with van der Waals surface area (Å²) in [6.45, 7) is 4.58. The molecule has 0 aliphatic carbocycles. The summed E-state index contributed by atoms with van der Waals surface area (Å²) in [5.74, 6) is 0.857. The maximum absolute atomic E-state index is 10.9. The van der Waals surface area contributed by atoms with Gasteiger partial charge in [-0.05, 0) is 49.3 Å². The number of nitrogens with zero attached hydrogens (tertiary/aromatic N) is 2. The number of rotatable bonds is 11. The lowest BCUT2D eigenvalue weighted by atomic mass is 9.97. The molecule has 0 radical (unpaired) electrons. The summed E-state index contributed by atoms with van der Waals surface area (Å²) in [6, 6.07) is 18.1. The normalized spacial score (nSPS) is 12.5. The Bertz CT molecular complexity index is 1600. The Kier molecular flexibility index (Phi) is 8.23. The monoisotopic (exact) mass is 547 g/mol. The van der Waals surface area contributed by atoms with E-state index >= 15 is 0 Å². The highest BCUT2D eigenvalue weighted by Gasteiger charge is 2.25. The van der Waals surface area contributed by atoms with Crippen molar-refractivity contribution in [3.05, 3.63) is 82.3 Å². The number of aromatic nitrogens is 3. The van der Waals surface area contributed by atoms with Gasteiger partial charge >= 0.3 is 0 Å². The zero-order valence-corrected chi connectivity index (χ0v) is 23.3. The van der Waals surface area contributed by atoms with Crippen LogP contribution in [-0.4, -0.2) is 38.2 Å². The van der Waals surface area contributed by atoms with E-state index in [2.05, 4.69) is 35.2 Å². The Hall–Kier alpha value is -3.36. The zero-order valence-electron chi connectivity index (χ0n) is 22.5. The predicted octanol–water partition coefficient (Wildman–Crippen LogP) is 6.47. The van der Waals surface area contributed by atoms with E-state index in [-0.39, 0.29) is 6.61 Å². The summed E-state index contributed by atoms with van der Waals surface area (Å²) in [5, 5.41) is 29.3. The van der Waals surface area contributed by atoms with Crippen molar-refractivity contribution in [1.29, 1.82) is 0 Å². The van der Waals surface area contributed by atoms with Crippen LogP contribution in [0.4, 0.5) is 0 Å². The fourth-order valence-corrected chi connectivity index (χ4v) is 5.71. The van der Waals surface area contributed by atoms with Gasteiger partial charge in [0.15, 0.2) is 6.29 Å². The molecule has 7 nitrogen and oxygen atoms in total. The lowest BCUT2D eigenvalue weighted by Gasteiger charge is -2.13. The number of ether oxygens (including phenoxy) is 2. The second-order valence-corrected chi connectivity index (χ2v) is 9.91. The number of aliphatic hydroxyl groups excluding tert-OH is 2. The van der Waals surface area contributed by atoms with Crippen LogP contribution in [0, 0.1) is 0 Å². The highest BCUT2D eigenvalue weighted by Crippen LogP contribution is 2.42. The number of nitrogens with one attached hydrogen (secondary N) is 1. The number of aromatic amines is 1. The van der Waals surface area contributed by atoms with Crippen molar-refractivity contribution in [2.45, 2.75) is 46.0 Å². The minimum Gasteiger partial charge on any atom is -0.493 e. The molecule has 0 saturated carbocycles. The molecule has 0 aliphatic rings. The van der Waals surface area contributed by atoms with Crippen molar-refractivity contribution in [3.63, 3.8) is 0 Å². The Labute approximate surface area is 232 Å². The third kappa shape index (κ3) is 5.15. The second kappa shape index (κ2) is 11.8. The van der Waals surface area contributed by atoms with Crippen molar-refractivity contribution in [1.82, 2.24) is 14.8 Å². The highest BCUT2D eigenvalue weighted by molar-refractivity contribution is 6.35. The maximum atomic E-state index is 10.9. The molecule has 2 heterocycles. The number of H-pyrrole nitrogens is 1. The molecule has 3 aromatic carbocycles. The topological polar surface area (TPSA) is 92.5 Å². The third-order valence-corrected chi connectivity index (χ3v) is 7.50. The molecular formula is C31H34ClN3O4. The summed E-state index contributed by atoms with van der Waals surface area (Å²) >= 11 is 6.80. The number of hydrogen-bond acceptors (Lipinski definition) is 5. The van der Waals surface area contributed by atoms with Crippen LogP contribution in [0.15, 0.2) is 54.6 Å². The highest BCUT2D eigenvalue weighted by atomic mass is 35.5. The SMILES string of the molecule is CCOC(O)c1[nH]c2c(-c3c(CO)nn(C)c3CC)c(Cl)ccc2c1CCCOc1cccc2ccccc12.